The summed E-state index contributed by atoms with van der Waals surface area (Å²) in [5.74, 6) is -6.85. The van der Waals surface area contributed by atoms with Crippen LogP contribution in [0.5, 0.6) is 0 Å². The molecule has 0 saturated carbocycles. The lowest BCUT2D eigenvalue weighted by Crippen LogP contribution is -2.55. The molecule has 0 radical (unpaired) electrons. The molecule has 0 aliphatic rings. The standard InChI is InChI=1S/C8H10S.C3HF7O3S/c1-6-4-3-5-8(9)7(6)2;4-1(5,2(6,7)8)3(9,10)14(11,12)13/h3-5,9H,1-2H3;(H,11,12,13). The van der Waals surface area contributed by atoms with Gasteiger partial charge >= 0.3 is 27.5 Å². The van der Waals surface area contributed by atoms with Gasteiger partial charge in [-0.15, -0.1) is 12.6 Å². The molecule has 0 fully saturated rings. The quantitative estimate of drug-likeness (QED) is 0.452. The Kier molecular flexibility index (Phi) is 6.55. The van der Waals surface area contributed by atoms with Gasteiger partial charge in [-0.05, 0) is 31.0 Å². The maximum Gasteiger partial charge on any atom is 0.461 e. The first-order valence-corrected chi connectivity index (χ1v) is 7.40. The first-order chi connectivity index (χ1) is 9.97. The lowest BCUT2D eigenvalue weighted by atomic mass is 10.1. The van der Waals surface area contributed by atoms with Crippen LogP contribution in [0.25, 0.3) is 0 Å². The van der Waals surface area contributed by atoms with Crippen LogP contribution >= 0.6 is 12.6 Å². The van der Waals surface area contributed by atoms with E-state index in [1.54, 1.807) is 0 Å². The van der Waals surface area contributed by atoms with Gasteiger partial charge in [0, 0.05) is 4.90 Å². The second-order valence-corrected chi connectivity index (χ2v) is 6.23. The highest BCUT2D eigenvalue weighted by Crippen LogP contribution is 2.48. The lowest BCUT2D eigenvalue weighted by Gasteiger charge is -2.25. The van der Waals surface area contributed by atoms with Crippen molar-refractivity contribution in [1.82, 2.24) is 0 Å². The Morgan fingerprint density at radius 1 is 1.00 bits per heavy atom. The molecule has 0 unspecified atom stereocenters. The van der Waals surface area contributed by atoms with Crippen molar-refractivity contribution in [1.29, 1.82) is 0 Å². The molecule has 1 rings (SSSR count). The average Bonchev–Trinajstić information content (AvgIpc) is 2.33. The van der Waals surface area contributed by atoms with Crippen molar-refractivity contribution in [2.24, 2.45) is 0 Å². The molecule has 0 aliphatic carbocycles. The van der Waals surface area contributed by atoms with Crippen molar-refractivity contribution < 1.29 is 43.7 Å². The van der Waals surface area contributed by atoms with Crippen molar-refractivity contribution in [2.75, 3.05) is 0 Å². The molecular formula is C11H11F7O3S2. The summed E-state index contributed by atoms with van der Waals surface area (Å²) in [4.78, 5) is 1.08. The first-order valence-electron chi connectivity index (χ1n) is 5.51. The van der Waals surface area contributed by atoms with E-state index >= 15 is 0 Å². The lowest BCUT2D eigenvalue weighted by molar-refractivity contribution is -0.333. The summed E-state index contributed by atoms with van der Waals surface area (Å²) >= 11 is 4.27. The maximum atomic E-state index is 11.9. The number of hydrogen-bond donors (Lipinski definition) is 2. The van der Waals surface area contributed by atoms with E-state index in [9.17, 15) is 39.2 Å². The molecule has 0 heterocycles. The average molecular weight is 388 g/mol. The number of hydrogen-bond acceptors (Lipinski definition) is 3. The van der Waals surface area contributed by atoms with Gasteiger partial charge < -0.3 is 0 Å². The van der Waals surface area contributed by atoms with Crippen molar-refractivity contribution >= 4 is 22.7 Å². The smallest absolute Gasteiger partial charge is 0.281 e. The van der Waals surface area contributed by atoms with Crippen molar-refractivity contribution in [2.45, 2.75) is 36.1 Å². The van der Waals surface area contributed by atoms with Gasteiger partial charge in [0.15, 0.2) is 0 Å². The third kappa shape index (κ3) is 4.73. The van der Waals surface area contributed by atoms with Crippen LogP contribution in [0.2, 0.25) is 0 Å². The van der Waals surface area contributed by atoms with Crippen LogP contribution in [0.3, 0.4) is 0 Å². The second kappa shape index (κ2) is 6.85. The number of alkyl halides is 7. The zero-order chi connectivity index (χ0) is 18.9. The normalized spacial score (nSPS) is 13.3. The number of benzene rings is 1. The van der Waals surface area contributed by atoms with Crippen LogP contribution in [-0.2, 0) is 10.1 Å². The molecule has 0 atom stereocenters. The largest absolute Gasteiger partial charge is 0.461 e. The first kappa shape index (κ1) is 22.0. The minimum atomic E-state index is -6.85. The van der Waals surface area contributed by atoms with Crippen molar-refractivity contribution in [3.05, 3.63) is 29.3 Å². The number of halogens is 7. The van der Waals surface area contributed by atoms with Gasteiger partial charge in [0.05, 0.1) is 0 Å². The van der Waals surface area contributed by atoms with Crippen LogP contribution in [0.4, 0.5) is 30.7 Å². The molecule has 1 N–H and O–H groups in total. The Hall–Kier alpha value is -1.01. The summed E-state index contributed by atoms with van der Waals surface area (Å²) in [5.41, 5.74) is 2.59. The van der Waals surface area contributed by atoms with Gasteiger partial charge in [-0.2, -0.15) is 39.2 Å². The zero-order valence-electron chi connectivity index (χ0n) is 11.5. The minimum Gasteiger partial charge on any atom is -0.281 e. The fourth-order valence-corrected chi connectivity index (χ4v) is 1.76. The van der Waals surface area contributed by atoms with E-state index in [1.807, 2.05) is 12.1 Å². The van der Waals surface area contributed by atoms with Crippen molar-refractivity contribution in [3.8, 4) is 0 Å². The third-order valence-corrected chi connectivity index (χ3v) is 4.01. The minimum absolute atomic E-state index is 1.08. The fraction of sp³-hybridized carbons (Fsp3) is 0.455. The third-order valence-electron chi connectivity index (χ3n) is 2.62. The fourth-order valence-electron chi connectivity index (χ4n) is 1.06. The molecule has 0 aliphatic heterocycles. The predicted molar refractivity (Wildman–Crippen MR) is 70.7 cm³/mol. The number of aryl methyl sites for hydroxylation is 1. The van der Waals surface area contributed by atoms with Crippen LogP contribution in [-0.4, -0.2) is 30.3 Å². The molecule has 1 aromatic rings. The number of thiol groups is 1. The van der Waals surface area contributed by atoms with Gasteiger partial charge in [-0.1, -0.05) is 12.1 Å². The van der Waals surface area contributed by atoms with Gasteiger partial charge in [0.25, 0.3) is 0 Å². The van der Waals surface area contributed by atoms with Crippen molar-refractivity contribution in [3.63, 3.8) is 0 Å². The summed E-state index contributed by atoms with van der Waals surface area (Å²) in [6, 6.07) is 6.12. The number of rotatable bonds is 2. The van der Waals surface area contributed by atoms with E-state index in [1.165, 1.54) is 11.1 Å². The van der Waals surface area contributed by atoms with Crippen LogP contribution < -0.4 is 0 Å². The van der Waals surface area contributed by atoms with Gasteiger partial charge in [-0.3, -0.25) is 4.55 Å². The Morgan fingerprint density at radius 2 is 1.43 bits per heavy atom. The van der Waals surface area contributed by atoms with E-state index in [4.69, 9.17) is 4.55 Å². The van der Waals surface area contributed by atoms with Crippen LogP contribution in [0, 0.1) is 13.8 Å². The van der Waals surface area contributed by atoms with Gasteiger partial charge in [0.1, 0.15) is 0 Å². The second-order valence-electron chi connectivity index (χ2n) is 4.28. The summed E-state index contributed by atoms with van der Waals surface area (Å²) < 4.78 is 108. The highest BCUT2D eigenvalue weighted by atomic mass is 32.2. The van der Waals surface area contributed by atoms with Crippen LogP contribution in [0.15, 0.2) is 23.1 Å². The van der Waals surface area contributed by atoms with E-state index in [0.29, 0.717) is 0 Å². The van der Waals surface area contributed by atoms with E-state index in [0.717, 1.165) is 4.90 Å². The Morgan fingerprint density at radius 3 is 1.65 bits per heavy atom. The summed E-state index contributed by atoms with van der Waals surface area (Å²) in [6.45, 7) is 4.17. The molecule has 23 heavy (non-hydrogen) atoms. The van der Waals surface area contributed by atoms with Gasteiger partial charge in [-0.25, -0.2) is 0 Å². The summed E-state index contributed by atoms with van der Waals surface area (Å²) in [6.07, 6.45) is -6.79. The molecule has 134 valence electrons. The Labute approximate surface area is 132 Å². The molecular weight excluding hydrogens is 377 g/mol. The topological polar surface area (TPSA) is 54.4 Å². The molecule has 0 amide bonds. The summed E-state index contributed by atoms with van der Waals surface area (Å²) in [5, 5.41) is -6.61. The Balaban J connectivity index is 0.000000459. The molecule has 0 bridgehead atoms. The molecule has 0 saturated heterocycles. The monoisotopic (exact) mass is 388 g/mol. The van der Waals surface area contributed by atoms with E-state index < -0.39 is 27.5 Å². The SMILES string of the molecule is Cc1cccc(S)c1C.O=S(=O)(O)C(F)(F)C(F)(F)C(F)(F)F. The molecule has 0 spiro atoms. The van der Waals surface area contributed by atoms with E-state index in [2.05, 4.69) is 32.5 Å². The highest BCUT2D eigenvalue weighted by Gasteiger charge is 2.78. The Bertz CT molecular complexity index is 634. The molecule has 3 nitrogen and oxygen atoms in total. The summed E-state index contributed by atoms with van der Waals surface area (Å²) in [7, 11) is -6.85. The maximum absolute atomic E-state index is 11.9. The molecule has 1 aromatic carbocycles. The molecule has 12 heteroatoms. The van der Waals surface area contributed by atoms with Gasteiger partial charge in [0.2, 0.25) is 0 Å². The predicted octanol–water partition coefficient (Wildman–Crippen LogP) is 4.26. The molecule has 0 aromatic heterocycles. The van der Waals surface area contributed by atoms with Crippen LogP contribution in [0.1, 0.15) is 11.1 Å². The zero-order valence-corrected chi connectivity index (χ0v) is 13.2. The highest BCUT2D eigenvalue weighted by molar-refractivity contribution is 7.87. The van der Waals surface area contributed by atoms with E-state index in [-0.39, 0.29) is 0 Å².